The molecule has 1 aromatic carbocycles. The van der Waals surface area contributed by atoms with Crippen LogP contribution in [0, 0.1) is 12.8 Å². The zero-order chi connectivity index (χ0) is 22.2. The van der Waals surface area contributed by atoms with Gasteiger partial charge in [0.25, 0.3) is 11.8 Å². The van der Waals surface area contributed by atoms with Gasteiger partial charge in [0, 0.05) is 29.8 Å². The van der Waals surface area contributed by atoms with Crippen molar-refractivity contribution in [1.82, 2.24) is 15.5 Å². The first kappa shape index (κ1) is 21.3. The van der Waals surface area contributed by atoms with Crippen LogP contribution in [0.4, 0.5) is 10.5 Å². The Bertz CT molecular complexity index is 920. The lowest BCUT2D eigenvalue weighted by Crippen LogP contribution is -2.50. The van der Waals surface area contributed by atoms with Crippen LogP contribution in [0.1, 0.15) is 67.8 Å². The van der Waals surface area contributed by atoms with Gasteiger partial charge in [-0.25, -0.2) is 4.79 Å². The van der Waals surface area contributed by atoms with Gasteiger partial charge in [-0.2, -0.15) is 0 Å². The molecule has 0 radical (unpaired) electrons. The Morgan fingerprint density at radius 2 is 1.87 bits per heavy atom. The summed E-state index contributed by atoms with van der Waals surface area (Å²) in [7, 11) is 0. The molecule has 5 amide bonds. The molecule has 166 valence electrons. The summed E-state index contributed by atoms with van der Waals surface area (Å²) >= 11 is 0. The van der Waals surface area contributed by atoms with E-state index >= 15 is 0 Å². The Morgan fingerprint density at radius 3 is 2.48 bits per heavy atom. The van der Waals surface area contributed by atoms with Gasteiger partial charge in [0.15, 0.2) is 0 Å². The van der Waals surface area contributed by atoms with Gasteiger partial charge in [0.2, 0.25) is 5.91 Å². The molecule has 1 aliphatic carbocycles. The van der Waals surface area contributed by atoms with Crippen molar-refractivity contribution in [2.45, 2.75) is 70.4 Å². The Balaban J connectivity index is 1.37. The van der Waals surface area contributed by atoms with Gasteiger partial charge in [-0.15, -0.1) is 0 Å². The molecule has 2 heterocycles. The summed E-state index contributed by atoms with van der Waals surface area (Å²) < 4.78 is 0. The molecule has 8 heteroatoms. The Morgan fingerprint density at radius 1 is 1.13 bits per heavy atom. The van der Waals surface area contributed by atoms with Crippen LogP contribution in [0.25, 0.3) is 0 Å². The van der Waals surface area contributed by atoms with Crippen molar-refractivity contribution in [3.05, 3.63) is 29.3 Å². The van der Waals surface area contributed by atoms with Crippen LogP contribution in [0.15, 0.2) is 18.2 Å². The first-order valence-electron chi connectivity index (χ1n) is 11.2. The number of carbonyl (C=O) groups excluding carboxylic acids is 4. The minimum absolute atomic E-state index is 0.0441. The number of nitrogens with zero attached hydrogens (tertiary/aromatic N) is 1. The molecule has 2 aliphatic heterocycles. The van der Waals surface area contributed by atoms with Crippen molar-refractivity contribution >= 4 is 29.4 Å². The van der Waals surface area contributed by atoms with Crippen molar-refractivity contribution < 1.29 is 19.2 Å². The number of aryl methyl sites for hydroxylation is 1. The van der Waals surface area contributed by atoms with Crippen molar-refractivity contribution in [1.29, 1.82) is 0 Å². The van der Waals surface area contributed by atoms with E-state index in [0.717, 1.165) is 31.4 Å². The third-order valence-corrected chi connectivity index (χ3v) is 7.02. The molecule has 0 bridgehead atoms. The van der Waals surface area contributed by atoms with E-state index in [0.29, 0.717) is 36.9 Å². The molecule has 1 spiro atoms. The minimum Gasteiger partial charge on any atom is -0.336 e. The van der Waals surface area contributed by atoms with Gasteiger partial charge in [-0.3, -0.25) is 19.7 Å². The minimum atomic E-state index is -0.864. The highest BCUT2D eigenvalue weighted by Crippen LogP contribution is 2.35. The molecule has 8 nitrogen and oxygen atoms in total. The Hall–Kier alpha value is -2.90. The summed E-state index contributed by atoms with van der Waals surface area (Å²) in [5, 5.41) is 7.99. The highest BCUT2D eigenvalue weighted by Gasteiger charge is 2.48. The van der Waals surface area contributed by atoms with Crippen LogP contribution in [-0.4, -0.2) is 46.8 Å². The quantitative estimate of drug-likeness (QED) is 0.646. The molecule has 3 aliphatic rings. The van der Waals surface area contributed by atoms with Gasteiger partial charge in [0.05, 0.1) is 0 Å². The van der Waals surface area contributed by atoms with Crippen LogP contribution < -0.4 is 16.0 Å². The number of carbonyl (C=O) groups is 4. The predicted molar refractivity (Wildman–Crippen MR) is 116 cm³/mol. The zero-order valence-corrected chi connectivity index (χ0v) is 18.1. The maximum atomic E-state index is 12.9. The molecule has 1 atom stereocenters. The average molecular weight is 427 g/mol. The molecular weight excluding hydrogens is 396 g/mol. The fourth-order valence-corrected chi connectivity index (χ4v) is 4.99. The molecule has 3 N–H and O–H groups in total. The largest absolute Gasteiger partial charge is 0.336 e. The van der Waals surface area contributed by atoms with Gasteiger partial charge in [0.1, 0.15) is 5.54 Å². The molecule has 31 heavy (non-hydrogen) atoms. The third kappa shape index (κ3) is 4.16. The van der Waals surface area contributed by atoms with Crippen molar-refractivity contribution in [3.8, 4) is 0 Å². The fraction of sp³-hybridized carbons (Fsp3) is 0.565. The van der Waals surface area contributed by atoms with Crippen LogP contribution in [0.3, 0.4) is 0 Å². The van der Waals surface area contributed by atoms with Crippen molar-refractivity contribution in [2.24, 2.45) is 5.92 Å². The van der Waals surface area contributed by atoms with E-state index in [1.807, 2.05) is 17.9 Å². The first-order chi connectivity index (χ1) is 14.8. The monoisotopic (exact) mass is 426 g/mol. The second kappa shape index (κ2) is 8.32. The van der Waals surface area contributed by atoms with Gasteiger partial charge in [-0.05, 0) is 82.6 Å². The molecule has 2 saturated heterocycles. The fourth-order valence-electron chi connectivity index (χ4n) is 4.99. The average Bonchev–Trinajstić information content (AvgIpc) is 3.02. The number of anilines is 1. The van der Waals surface area contributed by atoms with E-state index in [1.54, 1.807) is 12.1 Å². The molecule has 0 aromatic heterocycles. The van der Waals surface area contributed by atoms with Crippen LogP contribution in [0.2, 0.25) is 0 Å². The van der Waals surface area contributed by atoms with Gasteiger partial charge >= 0.3 is 6.03 Å². The lowest BCUT2D eigenvalue weighted by atomic mass is 9.76. The highest BCUT2D eigenvalue weighted by atomic mass is 16.2. The summed E-state index contributed by atoms with van der Waals surface area (Å²) in [6.07, 6.45) is 5.19. The van der Waals surface area contributed by atoms with E-state index in [9.17, 15) is 19.2 Å². The van der Waals surface area contributed by atoms with Gasteiger partial charge in [-0.1, -0.05) is 0 Å². The molecule has 4 rings (SSSR count). The first-order valence-corrected chi connectivity index (χ1v) is 11.2. The molecular formula is C23H30N4O4. The van der Waals surface area contributed by atoms with Crippen LogP contribution in [0.5, 0.6) is 0 Å². The summed E-state index contributed by atoms with van der Waals surface area (Å²) in [5.41, 5.74) is 1.32. The standard InChI is InChI=1S/C23H30N4O4/c1-14-13-17(20(29)27-12-4-3-5-15(27)2)6-7-18(14)24-19(28)16-8-10-23(11-9-16)21(30)25-22(31)26-23/h6-7,13,15-16H,3-5,8-12H2,1-2H3,(H,24,28)(H2,25,26,30,31). The number of likely N-dealkylation sites (tertiary alicyclic amines) is 1. The number of imide groups is 1. The van der Waals surface area contributed by atoms with Crippen LogP contribution in [-0.2, 0) is 9.59 Å². The maximum Gasteiger partial charge on any atom is 0.322 e. The van der Waals surface area contributed by atoms with E-state index in [1.165, 1.54) is 0 Å². The summed E-state index contributed by atoms with van der Waals surface area (Å²) in [6.45, 7) is 4.77. The number of piperidine rings is 1. The summed E-state index contributed by atoms with van der Waals surface area (Å²) in [5.74, 6) is -0.560. The van der Waals surface area contributed by atoms with Crippen LogP contribution >= 0.6 is 0 Å². The normalized spacial score (nSPS) is 28.3. The molecule has 3 fully saturated rings. The number of nitrogens with one attached hydrogen (secondary N) is 3. The lowest BCUT2D eigenvalue weighted by molar-refractivity contribution is -0.128. The molecule has 1 aromatic rings. The van der Waals surface area contributed by atoms with E-state index in [2.05, 4.69) is 22.9 Å². The topological polar surface area (TPSA) is 108 Å². The number of rotatable bonds is 3. The number of hydrogen-bond donors (Lipinski definition) is 3. The molecule has 1 unspecified atom stereocenters. The Labute approximate surface area is 182 Å². The number of amides is 5. The van der Waals surface area contributed by atoms with E-state index in [4.69, 9.17) is 0 Å². The van der Waals surface area contributed by atoms with Crippen molar-refractivity contribution in [2.75, 3.05) is 11.9 Å². The number of benzene rings is 1. The zero-order valence-electron chi connectivity index (χ0n) is 18.1. The SMILES string of the molecule is Cc1cc(C(=O)N2CCCCC2C)ccc1NC(=O)C1CCC2(CC1)NC(=O)NC2=O. The predicted octanol–water partition coefficient (Wildman–Crippen LogP) is 2.72. The summed E-state index contributed by atoms with van der Waals surface area (Å²) in [4.78, 5) is 51.2. The van der Waals surface area contributed by atoms with E-state index < -0.39 is 11.6 Å². The van der Waals surface area contributed by atoms with Gasteiger partial charge < -0.3 is 15.5 Å². The number of urea groups is 1. The smallest absolute Gasteiger partial charge is 0.322 e. The lowest BCUT2D eigenvalue weighted by Gasteiger charge is -2.34. The third-order valence-electron chi connectivity index (χ3n) is 7.02. The van der Waals surface area contributed by atoms with E-state index in [-0.39, 0.29) is 29.7 Å². The van der Waals surface area contributed by atoms with Crippen molar-refractivity contribution in [3.63, 3.8) is 0 Å². The Kier molecular flexibility index (Phi) is 5.73. The summed E-state index contributed by atoms with van der Waals surface area (Å²) in [6, 6.07) is 5.21. The second-order valence-corrected chi connectivity index (χ2v) is 9.13. The number of hydrogen-bond acceptors (Lipinski definition) is 4. The maximum absolute atomic E-state index is 12.9. The highest BCUT2D eigenvalue weighted by molar-refractivity contribution is 6.07. The second-order valence-electron chi connectivity index (χ2n) is 9.13. The molecule has 1 saturated carbocycles.